The molecule has 0 bridgehead atoms. The quantitative estimate of drug-likeness (QED) is 0.939. The summed E-state index contributed by atoms with van der Waals surface area (Å²) in [7, 11) is 0. The van der Waals surface area contributed by atoms with Gasteiger partial charge in [0.25, 0.3) is 0 Å². The first-order chi connectivity index (χ1) is 10.2. The number of halogens is 1. The number of hydrogen-bond acceptors (Lipinski definition) is 3. The third kappa shape index (κ3) is 2.99. The van der Waals surface area contributed by atoms with E-state index in [1.54, 1.807) is 6.20 Å². The Morgan fingerprint density at radius 2 is 2.05 bits per heavy atom. The zero-order valence-electron chi connectivity index (χ0n) is 12.1. The van der Waals surface area contributed by atoms with Crippen LogP contribution >= 0.6 is 0 Å². The van der Waals surface area contributed by atoms with Gasteiger partial charge in [0, 0.05) is 31.9 Å². The summed E-state index contributed by atoms with van der Waals surface area (Å²) < 4.78 is 15.0. The number of β-amino-alcohol motifs (C(OH)–C–C–N with tert-alkyl or cyclic N) is 1. The standard InChI is InChI=1S/C16H20FN3O/c1-2-20-14(7-8-18-20)10-19-11-15(21)9-16(19)12-3-5-13(17)6-4-12/h3-8,15-16,21H,2,9-11H2,1H3/t15-,16-/m1/s1. The molecule has 1 aliphatic rings. The summed E-state index contributed by atoms with van der Waals surface area (Å²) in [5.41, 5.74) is 2.19. The summed E-state index contributed by atoms with van der Waals surface area (Å²) in [6, 6.07) is 8.71. The van der Waals surface area contributed by atoms with Gasteiger partial charge in [0.15, 0.2) is 0 Å². The topological polar surface area (TPSA) is 41.3 Å². The minimum absolute atomic E-state index is 0.126. The molecule has 0 spiro atoms. The monoisotopic (exact) mass is 289 g/mol. The third-order valence-corrected chi connectivity index (χ3v) is 4.11. The minimum Gasteiger partial charge on any atom is -0.392 e. The van der Waals surface area contributed by atoms with Crippen LogP contribution in [0.3, 0.4) is 0 Å². The molecule has 0 radical (unpaired) electrons. The van der Waals surface area contributed by atoms with E-state index in [-0.39, 0.29) is 18.0 Å². The molecule has 1 fully saturated rings. The van der Waals surface area contributed by atoms with E-state index in [1.165, 1.54) is 12.1 Å². The smallest absolute Gasteiger partial charge is 0.123 e. The van der Waals surface area contributed by atoms with Crippen molar-refractivity contribution in [2.45, 2.75) is 38.6 Å². The number of aryl methyl sites for hydroxylation is 1. The number of likely N-dealkylation sites (tertiary alicyclic amines) is 1. The largest absolute Gasteiger partial charge is 0.392 e. The molecule has 1 saturated heterocycles. The highest BCUT2D eigenvalue weighted by Gasteiger charge is 2.32. The van der Waals surface area contributed by atoms with Crippen molar-refractivity contribution in [3.8, 4) is 0 Å². The van der Waals surface area contributed by atoms with Crippen molar-refractivity contribution in [2.75, 3.05) is 6.54 Å². The van der Waals surface area contributed by atoms with Gasteiger partial charge in [0.1, 0.15) is 5.82 Å². The normalized spacial score (nSPS) is 22.8. The summed E-state index contributed by atoms with van der Waals surface area (Å²) in [5, 5.41) is 14.3. The molecule has 1 N–H and O–H groups in total. The average Bonchev–Trinajstić information content (AvgIpc) is 3.06. The van der Waals surface area contributed by atoms with E-state index in [2.05, 4.69) is 16.9 Å². The van der Waals surface area contributed by atoms with Crippen LogP contribution < -0.4 is 0 Å². The summed E-state index contributed by atoms with van der Waals surface area (Å²) >= 11 is 0. The number of aliphatic hydroxyl groups excluding tert-OH is 1. The molecule has 2 atom stereocenters. The molecular weight excluding hydrogens is 269 g/mol. The lowest BCUT2D eigenvalue weighted by molar-refractivity contribution is 0.171. The lowest BCUT2D eigenvalue weighted by Gasteiger charge is -2.24. The third-order valence-electron chi connectivity index (χ3n) is 4.11. The van der Waals surface area contributed by atoms with Crippen molar-refractivity contribution in [2.24, 2.45) is 0 Å². The molecule has 2 heterocycles. The van der Waals surface area contributed by atoms with E-state index in [1.807, 2.05) is 22.9 Å². The van der Waals surface area contributed by atoms with Gasteiger partial charge in [0.05, 0.1) is 11.8 Å². The van der Waals surface area contributed by atoms with Gasteiger partial charge in [0.2, 0.25) is 0 Å². The van der Waals surface area contributed by atoms with Crippen LogP contribution in [-0.4, -0.2) is 32.4 Å². The number of aromatic nitrogens is 2. The summed E-state index contributed by atoms with van der Waals surface area (Å²) in [5.74, 6) is -0.229. The van der Waals surface area contributed by atoms with Gasteiger partial charge in [-0.1, -0.05) is 12.1 Å². The Morgan fingerprint density at radius 1 is 1.29 bits per heavy atom. The number of aliphatic hydroxyl groups is 1. The highest BCUT2D eigenvalue weighted by atomic mass is 19.1. The molecule has 3 rings (SSSR count). The zero-order chi connectivity index (χ0) is 14.8. The summed E-state index contributed by atoms with van der Waals surface area (Å²) in [6.07, 6.45) is 2.16. The highest BCUT2D eigenvalue weighted by Crippen LogP contribution is 2.33. The van der Waals surface area contributed by atoms with Crippen LogP contribution in [0.25, 0.3) is 0 Å². The minimum atomic E-state index is -0.335. The Bertz CT molecular complexity index is 596. The maximum Gasteiger partial charge on any atom is 0.123 e. The second kappa shape index (κ2) is 5.95. The molecule has 0 amide bonds. The fourth-order valence-electron chi connectivity index (χ4n) is 3.07. The SMILES string of the molecule is CCn1nccc1CN1C[C@H](O)C[C@@H]1c1ccc(F)cc1. The Balaban J connectivity index is 1.81. The first kappa shape index (κ1) is 14.2. The van der Waals surface area contributed by atoms with E-state index < -0.39 is 0 Å². The molecule has 5 heteroatoms. The van der Waals surface area contributed by atoms with Crippen LogP contribution in [0, 0.1) is 5.82 Å². The molecule has 4 nitrogen and oxygen atoms in total. The zero-order valence-corrected chi connectivity index (χ0v) is 12.1. The van der Waals surface area contributed by atoms with Crippen LogP contribution in [0.15, 0.2) is 36.5 Å². The Labute approximate surface area is 123 Å². The molecule has 1 aromatic heterocycles. The maximum absolute atomic E-state index is 13.1. The second-order valence-corrected chi connectivity index (χ2v) is 5.52. The van der Waals surface area contributed by atoms with E-state index in [4.69, 9.17) is 0 Å². The second-order valence-electron chi connectivity index (χ2n) is 5.52. The van der Waals surface area contributed by atoms with Crippen molar-refractivity contribution in [3.63, 3.8) is 0 Å². The fraction of sp³-hybridized carbons (Fsp3) is 0.438. The number of hydrogen-bond donors (Lipinski definition) is 1. The molecule has 1 aliphatic heterocycles. The average molecular weight is 289 g/mol. The highest BCUT2D eigenvalue weighted by molar-refractivity contribution is 5.22. The number of benzene rings is 1. The lowest BCUT2D eigenvalue weighted by Crippen LogP contribution is -2.25. The van der Waals surface area contributed by atoms with Gasteiger partial charge in [-0.05, 0) is 37.1 Å². The van der Waals surface area contributed by atoms with E-state index in [9.17, 15) is 9.50 Å². The van der Waals surface area contributed by atoms with Gasteiger partial charge >= 0.3 is 0 Å². The van der Waals surface area contributed by atoms with Crippen molar-refractivity contribution in [1.82, 2.24) is 14.7 Å². The Kier molecular flexibility index (Phi) is 4.03. The maximum atomic E-state index is 13.1. The Hall–Kier alpha value is -1.72. The van der Waals surface area contributed by atoms with Crippen LogP contribution in [0.5, 0.6) is 0 Å². The van der Waals surface area contributed by atoms with Gasteiger partial charge in [-0.3, -0.25) is 9.58 Å². The van der Waals surface area contributed by atoms with Crippen molar-refractivity contribution in [1.29, 1.82) is 0 Å². The van der Waals surface area contributed by atoms with E-state index in [0.717, 1.165) is 24.3 Å². The molecule has 0 saturated carbocycles. The fourth-order valence-corrected chi connectivity index (χ4v) is 3.07. The van der Waals surface area contributed by atoms with Gasteiger partial charge in [-0.15, -0.1) is 0 Å². The summed E-state index contributed by atoms with van der Waals surface area (Å²) in [4.78, 5) is 2.24. The molecule has 1 aromatic carbocycles. The Morgan fingerprint density at radius 3 is 2.76 bits per heavy atom. The number of rotatable bonds is 4. The molecule has 112 valence electrons. The first-order valence-electron chi connectivity index (χ1n) is 7.35. The molecule has 21 heavy (non-hydrogen) atoms. The van der Waals surface area contributed by atoms with E-state index >= 15 is 0 Å². The number of nitrogens with zero attached hydrogens (tertiary/aromatic N) is 3. The van der Waals surface area contributed by atoms with Gasteiger partial charge < -0.3 is 5.11 Å². The van der Waals surface area contributed by atoms with Crippen molar-refractivity contribution >= 4 is 0 Å². The van der Waals surface area contributed by atoms with Gasteiger partial charge in [-0.2, -0.15) is 5.10 Å². The molecule has 2 aromatic rings. The van der Waals surface area contributed by atoms with E-state index in [0.29, 0.717) is 13.0 Å². The van der Waals surface area contributed by atoms with Crippen LogP contribution in [-0.2, 0) is 13.1 Å². The van der Waals surface area contributed by atoms with Crippen molar-refractivity contribution in [3.05, 3.63) is 53.6 Å². The van der Waals surface area contributed by atoms with Gasteiger partial charge in [-0.25, -0.2) is 4.39 Å². The first-order valence-corrected chi connectivity index (χ1v) is 7.35. The predicted molar refractivity (Wildman–Crippen MR) is 78.1 cm³/mol. The van der Waals surface area contributed by atoms with Crippen LogP contribution in [0.1, 0.15) is 30.6 Å². The lowest BCUT2D eigenvalue weighted by atomic mass is 10.0. The molecular formula is C16H20FN3O. The molecule has 0 unspecified atom stereocenters. The predicted octanol–water partition coefficient (Wildman–Crippen LogP) is 2.35. The van der Waals surface area contributed by atoms with Crippen molar-refractivity contribution < 1.29 is 9.50 Å². The van der Waals surface area contributed by atoms with Crippen LogP contribution in [0.4, 0.5) is 4.39 Å². The summed E-state index contributed by atoms with van der Waals surface area (Å²) in [6.45, 7) is 4.27. The molecule has 0 aliphatic carbocycles. The van der Waals surface area contributed by atoms with Crippen LogP contribution in [0.2, 0.25) is 0 Å².